The fraction of sp³-hybridized carbons (Fsp3) is 0.807. The number of hydrogen-bond acceptors (Lipinski definition) is 5. The van der Waals surface area contributed by atoms with Gasteiger partial charge in [-0.1, -0.05) is 222 Å². The molecule has 1 amide bonds. The number of carbonyl (C=O) groups is 1. The van der Waals surface area contributed by atoms with Gasteiger partial charge in [-0.25, -0.2) is 4.57 Å². The van der Waals surface area contributed by atoms with Gasteiger partial charge in [0.25, 0.3) is 0 Å². The second-order valence-corrected chi connectivity index (χ2v) is 21.4. The minimum Gasteiger partial charge on any atom is -0.387 e. The van der Waals surface area contributed by atoms with Crippen LogP contribution in [-0.2, 0) is 18.4 Å². The number of nitrogens with one attached hydrogen (secondary N) is 1. The molecule has 66 heavy (non-hydrogen) atoms. The lowest BCUT2D eigenvalue weighted by molar-refractivity contribution is -0.870. The van der Waals surface area contributed by atoms with Crippen LogP contribution in [0.3, 0.4) is 0 Å². The van der Waals surface area contributed by atoms with E-state index in [1.165, 1.54) is 173 Å². The van der Waals surface area contributed by atoms with Crippen LogP contribution in [0, 0.1) is 0 Å². The zero-order chi connectivity index (χ0) is 48.5. The van der Waals surface area contributed by atoms with E-state index < -0.39 is 20.0 Å². The summed E-state index contributed by atoms with van der Waals surface area (Å²) in [7, 11) is 1.54. The third-order valence-corrected chi connectivity index (χ3v) is 13.2. The first kappa shape index (κ1) is 64.2. The maximum atomic E-state index is 12.9. The number of quaternary nitrogens is 1. The number of amides is 1. The summed E-state index contributed by atoms with van der Waals surface area (Å²) in [6, 6.07) is -0.874. The van der Waals surface area contributed by atoms with E-state index in [-0.39, 0.29) is 19.1 Å². The Kier molecular flexibility index (Phi) is 46.9. The van der Waals surface area contributed by atoms with Crippen LogP contribution in [0.2, 0.25) is 0 Å². The van der Waals surface area contributed by atoms with Gasteiger partial charge in [0.15, 0.2) is 0 Å². The topological polar surface area (TPSA) is 105 Å². The number of aliphatic hydroxyl groups is 1. The number of carbonyl (C=O) groups excluding carboxylic acids is 1. The van der Waals surface area contributed by atoms with Gasteiger partial charge in [0.1, 0.15) is 13.2 Å². The number of unbranched alkanes of at least 4 members (excludes halogenated alkanes) is 29. The normalized spacial score (nSPS) is 14.5. The van der Waals surface area contributed by atoms with E-state index in [1.54, 1.807) is 6.08 Å². The summed E-state index contributed by atoms with van der Waals surface area (Å²) < 4.78 is 23.7. The van der Waals surface area contributed by atoms with E-state index in [0.717, 1.165) is 51.4 Å². The minimum absolute atomic E-state index is 0.0509. The van der Waals surface area contributed by atoms with Crippen LogP contribution in [0.4, 0.5) is 0 Å². The van der Waals surface area contributed by atoms with E-state index in [9.17, 15) is 19.4 Å². The average molecular weight is 948 g/mol. The first-order chi connectivity index (χ1) is 32.0. The zero-order valence-corrected chi connectivity index (χ0v) is 44.8. The highest BCUT2D eigenvalue weighted by atomic mass is 31.2. The molecule has 0 aliphatic heterocycles. The number of phosphoric acid groups is 1. The summed E-state index contributed by atoms with van der Waals surface area (Å²) in [5, 5.41) is 13.9. The highest BCUT2D eigenvalue weighted by molar-refractivity contribution is 7.47. The summed E-state index contributed by atoms with van der Waals surface area (Å²) in [6.07, 6.45) is 64.6. The quantitative estimate of drug-likeness (QED) is 0.0243. The second-order valence-electron chi connectivity index (χ2n) is 19.9. The molecule has 0 aromatic rings. The molecule has 0 bridgehead atoms. The van der Waals surface area contributed by atoms with E-state index in [1.807, 2.05) is 27.2 Å². The molecule has 0 aromatic heterocycles. The molecule has 0 rings (SSSR count). The van der Waals surface area contributed by atoms with Gasteiger partial charge < -0.3 is 19.8 Å². The van der Waals surface area contributed by atoms with Crippen molar-refractivity contribution in [3.8, 4) is 0 Å². The molecule has 3 unspecified atom stereocenters. The van der Waals surface area contributed by atoms with Crippen molar-refractivity contribution in [3.63, 3.8) is 0 Å². The lowest BCUT2D eigenvalue weighted by Gasteiger charge is -2.25. The van der Waals surface area contributed by atoms with Crippen LogP contribution in [0.5, 0.6) is 0 Å². The number of nitrogens with zero attached hydrogens (tertiary/aromatic N) is 1. The predicted octanol–water partition coefficient (Wildman–Crippen LogP) is 16.5. The molecule has 3 N–H and O–H groups in total. The van der Waals surface area contributed by atoms with E-state index >= 15 is 0 Å². The Morgan fingerprint density at radius 1 is 0.515 bits per heavy atom. The Hall–Kier alpha value is -1.80. The van der Waals surface area contributed by atoms with Crippen LogP contribution in [0.1, 0.15) is 245 Å². The largest absolute Gasteiger partial charge is 0.472 e. The fourth-order valence-electron chi connectivity index (χ4n) is 7.81. The molecular weight excluding hydrogens is 840 g/mol. The molecule has 0 spiro atoms. The van der Waals surface area contributed by atoms with Crippen molar-refractivity contribution in [2.75, 3.05) is 40.9 Å². The predicted molar refractivity (Wildman–Crippen MR) is 286 cm³/mol. The molecule has 0 saturated heterocycles. The number of hydrogen-bond donors (Lipinski definition) is 3. The summed E-state index contributed by atoms with van der Waals surface area (Å²) in [5.74, 6) is -0.196. The van der Waals surface area contributed by atoms with Gasteiger partial charge in [0.2, 0.25) is 5.91 Å². The fourth-order valence-corrected chi connectivity index (χ4v) is 8.55. The van der Waals surface area contributed by atoms with E-state index in [2.05, 4.69) is 67.8 Å². The maximum absolute atomic E-state index is 12.9. The third kappa shape index (κ3) is 50.1. The Morgan fingerprint density at radius 3 is 1.33 bits per heavy atom. The number of aliphatic hydroxyl groups excluding tert-OH is 1. The Balaban J connectivity index is 4.33. The Morgan fingerprint density at radius 2 is 0.879 bits per heavy atom. The molecule has 0 aromatic carbocycles. The summed E-state index contributed by atoms with van der Waals surface area (Å²) >= 11 is 0. The molecular formula is C57H108N2O6P+. The summed E-state index contributed by atoms with van der Waals surface area (Å²) in [4.78, 5) is 23.3. The molecule has 0 radical (unpaired) electrons. The number of phosphoric ester groups is 1. The highest BCUT2D eigenvalue weighted by Crippen LogP contribution is 2.43. The van der Waals surface area contributed by atoms with Crippen LogP contribution in [0.15, 0.2) is 60.8 Å². The van der Waals surface area contributed by atoms with Gasteiger partial charge in [-0.05, 0) is 77.0 Å². The molecule has 0 fully saturated rings. The Labute approximate surface area is 409 Å². The third-order valence-electron chi connectivity index (χ3n) is 12.2. The van der Waals surface area contributed by atoms with Gasteiger partial charge in [0.05, 0.1) is 39.9 Å². The molecule has 8 nitrogen and oxygen atoms in total. The SMILES string of the molecule is CCCCC/C=C\C/C=C\CCCCCCCCCCCC(=O)NC(COP(=O)(O)OCC[N+](C)(C)C)C(O)/C=C/CC/C=C/CC/C=C/CCCCCCCCCCCCCCCCC. The zero-order valence-electron chi connectivity index (χ0n) is 43.9. The molecule has 0 heterocycles. The van der Waals surface area contributed by atoms with Crippen LogP contribution >= 0.6 is 7.82 Å². The van der Waals surface area contributed by atoms with E-state index in [0.29, 0.717) is 17.4 Å². The van der Waals surface area contributed by atoms with Crippen molar-refractivity contribution >= 4 is 13.7 Å². The van der Waals surface area contributed by atoms with Crippen molar-refractivity contribution in [3.05, 3.63) is 60.8 Å². The lowest BCUT2D eigenvalue weighted by atomic mass is 10.0. The first-order valence-electron chi connectivity index (χ1n) is 27.7. The van der Waals surface area contributed by atoms with Crippen molar-refractivity contribution in [1.29, 1.82) is 0 Å². The number of rotatable bonds is 50. The lowest BCUT2D eigenvalue weighted by Crippen LogP contribution is -2.45. The highest BCUT2D eigenvalue weighted by Gasteiger charge is 2.27. The van der Waals surface area contributed by atoms with Crippen molar-refractivity contribution < 1.29 is 32.9 Å². The molecule has 386 valence electrons. The summed E-state index contributed by atoms with van der Waals surface area (Å²) in [5.41, 5.74) is 0. The molecule has 3 atom stereocenters. The van der Waals surface area contributed by atoms with Gasteiger partial charge in [-0.2, -0.15) is 0 Å². The van der Waals surface area contributed by atoms with Crippen molar-refractivity contribution in [2.24, 2.45) is 0 Å². The van der Waals surface area contributed by atoms with Crippen molar-refractivity contribution in [1.82, 2.24) is 5.32 Å². The van der Waals surface area contributed by atoms with Gasteiger partial charge in [-0.3, -0.25) is 13.8 Å². The molecule has 9 heteroatoms. The van der Waals surface area contributed by atoms with Crippen molar-refractivity contribution in [2.45, 2.75) is 257 Å². The van der Waals surface area contributed by atoms with Crippen LogP contribution in [0.25, 0.3) is 0 Å². The first-order valence-corrected chi connectivity index (χ1v) is 29.2. The standard InChI is InChI=1S/C57H107N2O6P/c1-6-8-10-12-14-16-18-20-22-24-26-27-28-29-30-31-33-34-36-38-40-42-44-46-48-50-56(60)55(54-65-66(62,63)64-53-52-59(3,4)5)58-57(61)51-49-47-45-43-41-39-37-35-32-25-23-21-19-17-15-13-11-9-7-2/h15,17,21,23,33-34,40,42,48,50,55-56,60H,6-14,16,18-20,22,24-32,35-39,41,43-47,49,51-54H2,1-5H3,(H-,58,61,62,63)/p+1/b17-15-,23-21-,34-33+,42-40+,50-48+. The van der Waals surface area contributed by atoms with Gasteiger partial charge >= 0.3 is 7.82 Å². The minimum atomic E-state index is -4.36. The number of likely N-dealkylation sites (N-methyl/N-ethyl adjacent to an activating group) is 1. The number of allylic oxidation sites excluding steroid dienone is 9. The molecule has 0 saturated carbocycles. The maximum Gasteiger partial charge on any atom is 0.472 e. The molecule has 0 aliphatic rings. The van der Waals surface area contributed by atoms with Crippen LogP contribution < -0.4 is 5.32 Å². The monoisotopic (exact) mass is 948 g/mol. The van der Waals surface area contributed by atoms with E-state index in [4.69, 9.17) is 9.05 Å². The van der Waals surface area contributed by atoms with Gasteiger partial charge in [0, 0.05) is 6.42 Å². The molecule has 0 aliphatic carbocycles. The smallest absolute Gasteiger partial charge is 0.387 e. The second kappa shape index (κ2) is 48.2. The Bertz CT molecular complexity index is 1260. The summed E-state index contributed by atoms with van der Waals surface area (Å²) in [6.45, 7) is 4.77. The average Bonchev–Trinajstić information content (AvgIpc) is 3.28. The van der Waals surface area contributed by atoms with Gasteiger partial charge in [-0.15, -0.1) is 0 Å². The van der Waals surface area contributed by atoms with Crippen LogP contribution in [-0.4, -0.2) is 73.4 Å².